The fraction of sp³-hybridized carbons (Fsp3) is 0.214. The second kappa shape index (κ2) is 3.97. The van der Waals surface area contributed by atoms with E-state index in [1.807, 2.05) is 19.2 Å². The molecule has 1 aromatic heterocycles. The number of aromatic nitrogens is 1. The number of nitrogens with zero attached hydrogens (tertiary/aromatic N) is 1. The highest BCUT2D eigenvalue weighted by Gasteiger charge is 2.08. The molecule has 2 aromatic rings. The maximum atomic E-state index is 6.07. The minimum absolute atomic E-state index is 0.774. The third-order valence-electron chi connectivity index (χ3n) is 2.86. The molecule has 0 atom stereocenters. The largest absolute Gasteiger partial charge is 0.397 e. The van der Waals surface area contributed by atoms with Gasteiger partial charge in [-0.15, -0.1) is 0 Å². The van der Waals surface area contributed by atoms with Crippen molar-refractivity contribution in [2.45, 2.75) is 20.8 Å². The molecule has 1 heterocycles. The summed E-state index contributed by atoms with van der Waals surface area (Å²) in [5.74, 6) is 0. The molecular formula is C14H16N2. The van der Waals surface area contributed by atoms with Gasteiger partial charge in [-0.05, 0) is 44.0 Å². The fourth-order valence-electron chi connectivity index (χ4n) is 1.78. The van der Waals surface area contributed by atoms with Crippen LogP contribution < -0.4 is 5.73 Å². The summed E-state index contributed by atoms with van der Waals surface area (Å²) < 4.78 is 0. The molecule has 2 N–H and O–H groups in total. The van der Waals surface area contributed by atoms with Crippen molar-refractivity contribution in [2.75, 3.05) is 5.73 Å². The van der Waals surface area contributed by atoms with Crippen molar-refractivity contribution < 1.29 is 0 Å². The SMILES string of the molecule is Cc1ccc(C)c(-c2nccc(C)c2N)c1. The summed E-state index contributed by atoms with van der Waals surface area (Å²) in [6.45, 7) is 6.17. The minimum atomic E-state index is 0.774. The van der Waals surface area contributed by atoms with E-state index in [0.29, 0.717) is 0 Å². The van der Waals surface area contributed by atoms with E-state index in [4.69, 9.17) is 5.73 Å². The van der Waals surface area contributed by atoms with Gasteiger partial charge in [-0.1, -0.05) is 17.7 Å². The summed E-state index contributed by atoms with van der Waals surface area (Å²) >= 11 is 0. The zero-order chi connectivity index (χ0) is 11.7. The van der Waals surface area contributed by atoms with Crippen LogP contribution in [0.3, 0.4) is 0 Å². The van der Waals surface area contributed by atoms with E-state index in [1.54, 1.807) is 0 Å². The third-order valence-corrected chi connectivity index (χ3v) is 2.86. The van der Waals surface area contributed by atoms with Crippen LogP contribution in [-0.4, -0.2) is 4.98 Å². The van der Waals surface area contributed by atoms with Gasteiger partial charge in [0.25, 0.3) is 0 Å². The van der Waals surface area contributed by atoms with Gasteiger partial charge >= 0.3 is 0 Å². The van der Waals surface area contributed by atoms with E-state index in [-0.39, 0.29) is 0 Å². The molecule has 0 aliphatic rings. The highest BCUT2D eigenvalue weighted by Crippen LogP contribution is 2.29. The molecular weight excluding hydrogens is 196 g/mol. The van der Waals surface area contributed by atoms with Crippen LogP contribution in [-0.2, 0) is 0 Å². The average Bonchev–Trinajstić information content (AvgIpc) is 2.26. The molecule has 16 heavy (non-hydrogen) atoms. The third kappa shape index (κ3) is 1.78. The molecule has 0 fully saturated rings. The molecule has 82 valence electrons. The van der Waals surface area contributed by atoms with Crippen LogP contribution in [0, 0.1) is 20.8 Å². The van der Waals surface area contributed by atoms with E-state index in [9.17, 15) is 0 Å². The zero-order valence-electron chi connectivity index (χ0n) is 9.91. The van der Waals surface area contributed by atoms with Crippen LogP contribution in [0.4, 0.5) is 5.69 Å². The Morgan fingerprint density at radius 1 is 1.00 bits per heavy atom. The summed E-state index contributed by atoms with van der Waals surface area (Å²) in [7, 11) is 0. The second-order valence-electron chi connectivity index (χ2n) is 4.21. The summed E-state index contributed by atoms with van der Waals surface area (Å²) in [5, 5.41) is 0. The number of hydrogen-bond donors (Lipinski definition) is 1. The molecule has 0 aliphatic carbocycles. The molecule has 1 aromatic carbocycles. The highest BCUT2D eigenvalue weighted by atomic mass is 14.7. The van der Waals surface area contributed by atoms with Gasteiger partial charge in [-0.25, -0.2) is 0 Å². The zero-order valence-corrected chi connectivity index (χ0v) is 9.91. The van der Waals surface area contributed by atoms with Crippen molar-refractivity contribution in [1.82, 2.24) is 4.98 Å². The maximum absolute atomic E-state index is 6.07. The molecule has 2 rings (SSSR count). The van der Waals surface area contributed by atoms with Crippen molar-refractivity contribution in [3.05, 3.63) is 47.2 Å². The van der Waals surface area contributed by atoms with Gasteiger partial charge in [0, 0.05) is 11.8 Å². The molecule has 2 nitrogen and oxygen atoms in total. The Bertz CT molecular complexity index is 530. The van der Waals surface area contributed by atoms with E-state index in [0.717, 1.165) is 22.5 Å². The quantitative estimate of drug-likeness (QED) is 0.788. The Kier molecular flexibility index (Phi) is 2.65. The lowest BCUT2D eigenvalue weighted by Gasteiger charge is -2.10. The predicted octanol–water partition coefficient (Wildman–Crippen LogP) is 3.26. The van der Waals surface area contributed by atoms with E-state index in [1.165, 1.54) is 11.1 Å². The molecule has 0 saturated heterocycles. The molecule has 0 bridgehead atoms. The van der Waals surface area contributed by atoms with E-state index in [2.05, 4.69) is 37.0 Å². The number of nitrogen functional groups attached to an aromatic ring is 1. The summed E-state index contributed by atoms with van der Waals surface area (Å²) in [6.07, 6.45) is 1.81. The molecule has 0 aliphatic heterocycles. The molecule has 0 saturated carbocycles. The summed E-state index contributed by atoms with van der Waals surface area (Å²) in [5.41, 5.74) is 12.4. The minimum Gasteiger partial charge on any atom is -0.397 e. The van der Waals surface area contributed by atoms with Gasteiger partial charge in [0.15, 0.2) is 0 Å². The first-order chi connectivity index (χ1) is 7.59. The highest BCUT2D eigenvalue weighted by molar-refractivity contribution is 5.77. The van der Waals surface area contributed by atoms with Gasteiger partial charge in [-0.2, -0.15) is 0 Å². The van der Waals surface area contributed by atoms with Crippen LogP contribution in [0.2, 0.25) is 0 Å². The second-order valence-corrected chi connectivity index (χ2v) is 4.21. The monoisotopic (exact) mass is 212 g/mol. The lowest BCUT2D eigenvalue weighted by molar-refractivity contribution is 1.27. The van der Waals surface area contributed by atoms with Gasteiger partial charge in [0.1, 0.15) is 0 Å². The van der Waals surface area contributed by atoms with E-state index < -0.39 is 0 Å². The first-order valence-electron chi connectivity index (χ1n) is 5.38. The number of pyridine rings is 1. The normalized spacial score (nSPS) is 10.4. The number of rotatable bonds is 1. The van der Waals surface area contributed by atoms with Gasteiger partial charge in [-0.3, -0.25) is 4.98 Å². The fourth-order valence-corrected chi connectivity index (χ4v) is 1.78. The Morgan fingerprint density at radius 2 is 1.75 bits per heavy atom. The van der Waals surface area contributed by atoms with Gasteiger partial charge < -0.3 is 5.73 Å². The smallest absolute Gasteiger partial charge is 0.0936 e. The average molecular weight is 212 g/mol. The number of nitrogens with two attached hydrogens (primary N) is 1. The molecule has 0 unspecified atom stereocenters. The predicted molar refractivity (Wildman–Crippen MR) is 68.3 cm³/mol. The maximum Gasteiger partial charge on any atom is 0.0936 e. The van der Waals surface area contributed by atoms with Crippen molar-refractivity contribution in [3.8, 4) is 11.3 Å². The standard InChI is InChI=1S/C14H16N2/c1-9-4-5-10(2)12(8-9)14-13(15)11(3)6-7-16-14/h4-8H,15H2,1-3H3. The Balaban J connectivity index is 2.67. The van der Waals surface area contributed by atoms with Crippen molar-refractivity contribution >= 4 is 5.69 Å². The Labute approximate surface area is 96.1 Å². The molecule has 2 heteroatoms. The molecule has 0 radical (unpaired) electrons. The number of hydrogen-bond acceptors (Lipinski definition) is 2. The van der Waals surface area contributed by atoms with Crippen molar-refractivity contribution in [1.29, 1.82) is 0 Å². The first kappa shape index (κ1) is 10.7. The summed E-state index contributed by atoms with van der Waals surface area (Å²) in [4.78, 5) is 4.39. The van der Waals surface area contributed by atoms with Crippen LogP contribution in [0.25, 0.3) is 11.3 Å². The lowest BCUT2D eigenvalue weighted by Crippen LogP contribution is -1.97. The summed E-state index contributed by atoms with van der Waals surface area (Å²) in [6, 6.07) is 8.27. The van der Waals surface area contributed by atoms with Crippen LogP contribution in [0.1, 0.15) is 16.7 Å². The van der Waals surface area contributed by atoms with Crippen LogP contribution >= 0.6 is 0 Å². The van der Waals surface area contributed by atoms with Crippen LogP contribution in [0.15, 0.2) is 30.5 Å². The molecule has 0 spiro atoms. The van der Waals surface area contributed by atoms with Crippen molar-refractivity contribution in [3.63, 3.8) is 0 Å². The number of benzene rings is 1. The van der Waals surface area contributed by atoms with E-state index >= 15 is 0 Å². The topological polar surface area (TPSA) is 38.9 Å². The van der Waals surface area contributed by atoms with Crippen molar-refractivity contribution in [2.24, 2.45) is 0 Å². The Morgan fingerprint density at radius 3 is 2.50 bits per heavy atom. The van der Waals surface area contributed by atoms with Gasteiger partial charge in [0.2, 0.25) is 0 Å². The first-order valence-corrected chi connectivity index (χ1v) is 5.38. The number of anilines is 1. The van der Waals surface area contributed by atoms with Gasteiger partial charge in [0.05, 0.1) is 11.4 Å². The molecule has 0 amide bonds. The number of aryl methyl sites for hydroxylation is 3. The lowest BCUT2D eigenvalue weighted by atomic mass is 10.00. The van der Waals surface area contributed by atoms with Crippen LogP contribution in [0.5, 0.6) is 0 Å². The Hall–Kier alpha value is -1.83.